The molecule has 174 valence electrons. The third-order valence-corrected chi connectivity index (χ3v) is 5.90. The summed E-state index contributed by atoms with van der Waals surface area (Å²) in [6.45, 7) is 4.50. The van der Waals surface area contributed by atoms with Crippen molar-refractivity contribution in [3.8, 4) is 17.2 Å². The van der Waals surface area contributed by atoms with Crippen molar-refractivity contribution in [1.29, 1.82) is 0 Å². The molecular weight excluding hydrogens is 466 g/mol. The van der Waals surface area contributed by atoms with Crippen molar-refractivity contribution in [2.45, 2.75) is 6.42 Å². The van der Waals surface area contributed by atoms with Crippen molar-refractivity contribution in [1.82, 2.24) is 14.8 Å². The van der Waals surface area contributed by atoms with Gasteiger partial charge in [0, 0.05) is 18.4 Å². The molecule has 0 aliphatic heterocycles. The van der Waals surface area contributed by atoms with E-state index in [-0.39, 0.29) is 12.5 Å². The highest BCUT2D eigenvalue weighted by molar-refractivity contribution is 7.72. The van der Waals surface area contributed by atoms with Crippen LogP contribution in [-0.2, 0) is 6.42 Å². The van der Waals surface area contributed by atoms with Crippen molar-refractivity contribution in [3.63, 3.8) is 0 Å². The van der Waals surface area contributed by atoms with Gasteiger partial charge in [-0.3, -0.25) is 14.8 Å². The zero-order valence-corrected chi connectivity index (χ0v) is 20.2. The van der Waals surface area contributed by atoms with Gasteiger partial charge in [0.05, 0.1) is 5.69 Å². The molecular formula is C25H25N5O2S2. The van der Waals surface area contributed by atoms with E-state index in [1.807, 2.05) is 61.6 Å². The minimum Gasteiger partial charge on any atom is -0.508 e. The number of anilines is 2. The van der Waals surface area contributed by atoms with Crippen LogP contribution >= 0.6 is 24.4 Å². The first-order valence-electron chi connectivity index (χ1n) is 10.6. The van der Waals surface area contributed by atoms with Gasteiger partial charge in [0.1, 0.15) is 11.5 Å². The molecule has 0 aliphatic carbocycles. The number of nitrogens with zero attached hydrogens (tertiary/aromatic N) is 1. The molecule has 0 bridgehead atoms. The van der Waals surface area contributed by atoms with E-state index in [1.54, 1.807) is 16.7 Å². The number of rotatable bonds is 9. The molecule has 0 amide bonds. The number of nitrogens with one attached hydrogen (secondary N) is 4. The number of aromatic hydroxyl groups is 1. The summed E-state index contributed by atoms with van der Waals surface area (Å²) in [6.07, 6.45) is 0.644. The Morgan fingerprint density at radius 2 is 1.76 bits per heavy atom. The number of hydrogen-bond acceptors (Lipinski definition) is 6. The number of H-pyrrole nitrogens is 2. The second kappa shape index (κ2) is 10.4. The molecule has 4 rings (SSSR count). The van der Waals surface area contributed by atoms with E-state index in [0.29, 0.717) is 16.0 Å². The van der Waals surface area contributed by atoms with E-state index in [2.05, 4.69) is 27.4 Å². The summed E-state index contributed by atoms with van der Waals surface area (Å²) in [7, 11) is 1.89. The third-order valence-electron chi connectivity index (χ3n) is 5.33. The van der Waals surface area contributed by atoms with Crippen LogP contribution in [0.2, 0.25) is 0 Å². The van der Waals surface area contributed by atoms with Gasteiger partial charge in [-0.2, -0.15) is 0 Å². The number of hydrogen-bond donors (Lipinski definition) is 5. The van der Waals surface area contributed by atoms with Crippen LogP contribution in [0, 0.1) is 9.54 Å². The molecule has 0 fully saturated rings. The first kappa shape index (κ1) is 23.3. The first-order valence-corrected chi connectivity index (χ1v) is 11.4. The maximum atomic E-state index is 9.52. The maximum absolute atomic E-state index is 9.52. The largest absolute Gasteiger partial charge is 0.508 e. The van der Waals surface area contributed by atoms with Gasteiger partial charge in [0.2, 0.25) is 0 Å². The number of phenolic OH excluding ortho intramolecular Hbond substituents is 1. The van der Waals surface area contributed by atoms with E-state index in [9.17, 15) is 5.11 Å². The third kappa shape index (κ3) is 5.38. The zero-order valence-electron chi connectivity index (χ0n) is 18.6. The maximum Gasteiger partial charge on any atom is 0.198 e. The molecule has 7 nitrogen and oxygen atoms in total. The summed E-state index contributed by atoms with van der Waals surface area (Å²) < 4.78 is 8.73. The molecule has 0 atom stereocenters. The van der Waals surface area contributed by atoms with E-state index in [0.717, 1.165) is 39.5 Å². The van der Waals surface area contributed by atoms with Crippen LogP contribution in [0.15, 0.2) is 73.3 Å². The molecule has 0 radical (unpaired) electrons. The molecule has 0 saturated heterocycles. The number of aromatic nitrogens is 3. The van der Waals surface area contributed by atoms with E-state index < -0.39 is 0 Å². The summed E-state index contributed by atoms with van der Waals surface area (Å²) in [5.74, 6) is 0.978. The van der Waals surface area contributed by atoms with Gasteiger partial charge in [0.25, 0.3) is 0 Å². The van der Waals surface area contributed by atoms with Gasteiger partial charge in [-0.15, -0.1) is 0 Å². The van der Waals surface area contributed by atoms with Crippen molar-refractivity contribution in [3.05, 3.63) is 94.0 Å². The van der Waals surface area contributed by atoms with Crippen molar-refractivity contribution >= 4 is 41.4 Å². The highest BCUT2D eigenvalue weighted by Crippen LogP contribution is 2.28. The van der Waals surface area contributed by atoms with Crippen molar-refractivity contribution in [2.24, 2.45) is 0 Å². The average molecular weight is 492 g/mol. The second-order valence-electron chi connectivity index (χ2n) is 7.61. The highest BCUT2D eigenvalue weighted by atomic mass is 32.1. The van der Waals surface area contributed by atoms with Gasteiger partial charge in [-0.1, -0.05) is 24.8 Å². The molecule has 34 heavy (non-hydrogen) atoms. The summed E-state index contributed by atoms with van der Waals surface area (Å²) in [5, 5.41) is 21.7. The van der Waals surface area contributed by atoms with E-state index >= 15 is 0 Å². The van der Waals surface area contributed by atoms with Crippen LogP contribution < -0.4 is 15.4 Å². The van der Waals surface area contributed by atoms with E-state index in [1.165, 1.54) is 0 Å². The Morgan fingerprint density at radius 3 is 2.47 bits per heavy atom. The summed E-state index contributed by atoms with van der Waals surface area (Å²) >= 11 is 10.6. The number of benzene rings is 3. The molecule has 1 heterocycles. The predicted octanol–water partition coefficient (Wildman–Crippen LogP) is 6.04. The molecule has 0 saturated carbocycles. The minimum absolute atomic E-state index is 0.236. The predicted molar refractivity (Wildman–Crippen MR) is 142 cm³/mol. The number of phenols is 1. The standard InChI is InChI=1S/C25H25N5O2S2/c1-16(17-6-8-21(31)9-7-17)12-18-13-22(10-11-23(18)26-2)32-15-27-19-4-3-5-20(14-19)30-24(33)28-29-25(30)34/h3-11,13-14,26-27,31H,1,12,15H2,2H3,(H,28,33)(H,29,34). The monoisotopic (exact) mass is 491 g/mol. The molecule has 5 N–H and O–H groups in total. The van der Waals surface area contributed by atoms with Gasteiger partial charge >= 0.3 is 0 Å². The Bertz CT molecular complexity index is 1390. The molecule has 1 aromatic heterocycles. The topological polar surface area (TPSA) is 90.0 Å². The average Bonchev–Trinajstić information content (AvgIpc) is 3.17. The Morgan fingerprint density at radius 1 is 1.03 bits per heavy atom. The van der Waals surface area contributed by atoms with Crippen LogP contribution in [0.25, 0.3) is 11.3 Å². The van der Waals surface area contributed by atoms with Gasteiger partial charge in [0.15, 0.2) is 16.3 Å². The second-order valence-corrected chi connectivity index (χ2v) is 8.38. The summed E-state index contributed by atoms with van der Waals surface area (Å²) in [5.41, 5.74) is 5.73. The Balaban J connectivity index is 1.43. The quantitative estimate of drug-likeness (QED) is 0.145. The molecule has 0 unspecified atom stereocenters. The Hall–Kier alpha value is -3.82. The van der Waals surface area contributed by atoms with Crippen molar-refractivity contribution < 1.29 is 9.84 Å². The molecule has 3 aromatic carbocycles. The highest BCUT2D eigenvalue weighted by Gasteiger charge is 2.08. The van der Waals surface area contributed by atoms with Crippen LogP contribution in [0.3, 0.4) is 0 Å². The van der Waals surface area contributed by atoms with Crippen LogP contribution in [0.4, 0.5) is 11.4 Å². The fourth-order valence-corrected chi connectivity index (χ4v) is 4.14. The zero-order chi connectivity index (χ0) is 24.1. The summed E-state index contributed by atoms with van der Waals surface area (Å²) in [6, 6.07) is 20.7. The lowest BCUT2D eigenvalue weighted by atomic mass is 9.98. The molecule has 0 aliphatic rings. The first-order chi connectivity index (χ1) is 16.4. The summed E-state index contributed by atoms with van der Waals surface area (Å²) in [4.78, 5) is 0. The van der Waals surface area contributed by atoms with E-state index in [4.69, 9.17) is 29.2 Å². The fourth-order valence-electron chi connectivity index (χ4n) is 3.58. The lowest BCUT2D eigenvalue weighted by molar-refractivity contribution is 0.346. The minimum atomic E-state index is 0.236. The van der Waals surface area contributed by atoms with Crippen LogP contribution in [0.5, 0.6) is 11.5 Å². The molecule has 0 spiro atoms. The lowest BCUT2D eigenvalue weighted by Gasteiger charge is -2.15. The SMILES string of the molecule is C=C(Cc1cc(OCNc2cccc(-n3c(=S)[nH][nH]c3=S)c2)ccc1NC)c1ccc(O)cc1. The van der Waals surface area contributed by atoms with Gasteiger partial charge in [-0.05, 0) is 96.1 Å². The molecule has 4 aromatic rings. The fraction of sp³-hybridized carbons (Fsp3) is 0.120. The van der Waals surface area contributed by atoms with Gasteiger partial charge < -0.3 is 20.5 Å². The Kier molecular flexibility index (Phi) is 7.15. The Labute approximate surface area is 207 Å². The molecule has 9 heteroatoms. The smallest absolute Gasteiger partial charge is 0.198 e. The van der Waals surface area contributed by atoms with Crippen LogP contribution in [-0.4, -0.2) is 33.6 Å². The normalized spacial score (nSPS) is 10.6. The number of allylic oxidation sites excluding steroid dienone is 1. The number of ether oxygens (including phenoxy) is 1. The van der Waals surface area contributed by atoms with Crippen LogP contribution in [0.1, 0.15) is 11.1 Å². The lowest BCUT2D eigenvalue weighted by Crippen LogP contribution is -2.09. The van der Waals surface area contributed by atoms with Gasteiger partial charge in [-0.25, -0.2) is 0 Å². The van der Waals surface area contributed by atoms with Crippen molar-refractivity contribution in [2.75, 3.05) is 24.4 Å². The number of aromatic amines is 2.